The van der Waals surface area contributed by atoms with Gasteiger partial charge in [0.2, 0.25) is 0 Å². The van der Waals surface area contributed by atoms with E-state index in [-0.39, 0.29) is 194 Å². The molecule has 0 bridgehead atoms. The molecule has 2 aromatic carbocycles. The summed E-state index contributed by atoms with van der Waals surface area (Å²) in [6.07, 6.45) is 1.05. The van der Waals surface area contributed by atoms with Gasteiger partial charge in [0.1, 0.15) is 22.6 Å². The zero-order valence-electron chi connectivity index (χ0n) is 32.5. The normalized spacial score (nSPS) is 11.8. The minimum absolute atomic E-state index is 0. The van der Waals surface area contributed by atoms with Crippen molar-refractivity contribution >= 4 is 35.8 Å². The number of hydrogen-bond donors (Lipinski definition) is 8. The maximum atomic E-state index is 10.5. The van der Waals surface area contributed by atoms with Crippen LogP contribution in [-0.2, 0) is 103 Å². The van der Waals surface area contributed by atoms with Crippen LogP contribution in [0.3, 0.4) is 0 Å². The summed E-state index contributed by atoms with van der Waals surface area (Å²) in [6, 6.07) is 11.6. The minimum atomic E-state index is -1.47. The van der Waals surface area contributed by atoms with Gasteiger partial charge in [0.05, 0.1) is 0 Å². The molecule has 352 valence electrons. The molecule has 0 spiro atoms. The second-order valence-corrected chi connectivity index (χ2v) is 10.1. The number of carboxylic acid groups (broad SMARTS) is 6. The quantitative estimate of drug-likeness (QED) is 0.125. The van der Waals surface area contributed by atoms with Gasteiger partial charge in [-0.05, 0) is 61.8 Å². The van der Waals surface area contributed by atoms with Crippen LogP contribution >= 0.6 is 0 Å². The van der Waals surface area contributed by atoms with Crippen molar-refractivity contribution in [3.05, 3.63) is 109 Å². The summed E-state index contributed by atoms with van der Waals surface area (Å²) in [6.45, 7) is 11.7. The van der Waals surface area contributed by atoms with E-state index in [1.165, 1.54) is 24.3 Å². The van der Waals surface area contributed by atoms with E-state index in [2.05, 4.69) is 0 Å². The molecule has 2 aliphatic rings. The molecule has 2 aliphatic carbocycles. The van der Waals surface area contributed by atoms with Gasteiger partial charge in [-0.3, -0.25) is 19.2 Å². The van der Waals surface area contributed by atoms with Gasteiger partial charge in [0.25, 0.3) is 0 Å². The number of carbonyl (C=O) groups is 6. The van der Waals surface area contributed by atoms with E-state index in [1.54, 1.807) is 24.3 Å². The summed E-state index contributed by atoms with van der Waals surface area (Å²) < 4.78 is 0. The molecule has 0 aliphatic heterocycles. The standard InChI is InChI=1S/2C7H10O4.2C7H6O3.2C2H6.8H2N.4Pt/c2*1-4-2-7(3-4,5(8)9)6(10)11;2*8-6-4-2-1-3-5(6)7(9)10;2*1-2;;;;;;;;;;;;/h2*4H,2-3H2,1H3,(H,8,9)(H,10,11);2*1-4,8H,(H,9,10);2*1-2H3;8*1H2;;;;/q;;;;;;8*-1;4*+2. The van der Waals surface area contributed by atoms with E-state index in [0.717, 1.165) is 0 Å². The summed E-state index contributed by atoms with van der Waals surface area (Å²) in [5, 5.41) is 69.0. The maximum Gasteiger partial charge on any atom is 2.00 e. The van der Waals surface area contributed by atoms with Crippen molar-refractivity contribution < 1.29 is 154 Å². The molecule has 26 heteroatoms. The Hall–Kier alpha value is -2.71. The molecule has 0 unspecified atom stereocenters. The van der Waals surface area contributed by atoms with Gasteiger partial charge in [0.15, 0.2) is 10.8 Å². The Bertz CT molecular complexity index is 1240. The van der Waals surface area contributed by atoms with Gasteiger partial charge >= 0.3 is 120 Å². The first-order valence-electron chi connectivity index (χ1n) is 14.4. The van der Waals surface area contributed by atoms with Gasteiger partial charge in [-0.1, -0.05) is 65.8 Å². The van der Waals surface area contributed by atoms with E-state index in [0.29, 0.717) is 0 Å². The Morgan fingerprint density at radius 1 is 0.431 bits per heavy atom. The van der Waals surface area contributed by atoms with Gasteiger partial charge in [-0.25, -0.2) is 9.59 Å². The third-order valence-electron chi connectivity index (χ3n) is 6.69. The average molecular weight is 1560 g/mol. The number of aromatic carboxylic acids is 2. The van der Waals surface area contributed by atoms with E-state index in [4.69, 9.17) is 40.9 Å². The molecule has 0 atom stereocenters. The van der Waals surface area contributed by atoms with E-state index in [9.17, 15) is 28.8 Å². The minimum Gasteiger partial charge on any atom is -0.693 e. The van der Waals surface area contributed by atoms with E-state index >= 15 is 0 Å². The Morgan fingerprint density at radius 2 is 0.603 bits per heavy atom. The summed E-state index contributed by atoms with van der Waals surface area (Å²) in [4.78, 5) is 62.6. The number of rotatable bonds is 6. The number of aromatic hydroxyl groups is 2. The number of hydrogen-bond acceptors (Lipinski definition) is 8. The Kier molecular flexibility index (Phi) is 77.4. The molecule has 0 saturated heterocycles. The van der Waals surface area contributed by atoms with Gasteiger partial charge in [-0.2, -0.15) is 0 Å². The molecule has 24 N–H and O–H groups in total. The topological polar surface area (TPSA) is 532 Å². The first-order chi connectivity index (χ1) is 21.4. The molecule has 0 amide bonds. The molecule has 4 rings (SSSR count). The third-order valence-corrected chi connectivity index (χ3v) is 6.69. The summed E-state index contributed by atoms with van der Waals surface area (Å²) in [7, 11) is 0. The number of nitrogens with two attached hydrogens (primary N) is 8. The first kappa shape index (κ1) is 95.6. The fraction of sp³-hybridized carbons (Fsp3) is 0.438. The van der Waals surface area contributed by atoms with Gasteiger partial charge in [0, 0.05) is 0 Å². The first-order valence-corrected chi connectivity index (χ1v) is 14.4. The third kappa shape index (κ3) is 28.7. The predicted molar refractivity (Wildman–Crippen MR) is 207 cm³/mol. The monoisotopic (exact) mass is 1560 g/mol. The van der Waals surface area contributed by atoms with Crippen molar-refractivity contribution in [3.63, 3.8) is 0 Å². The van der Waals surface area contributed by atoms with Crippen LogP contribution in [0, 0.1) is 22.7 Å². The zero-order chi connectivity index (χ0) is 36.4. The number of aliphatic carboxylic acids is 4. The van der Waals surface area contributed by atoms with Crippen LogP contribution in [0.4, 0.5) is 0 Å². The van der Waals surface area contributed by atoms with Gasteiger partial charge < -0.3 is 90.1 Å². The number of para-hydroxylation sites is 2. The van der Waals surface area contributed by atoms with E-state index in [1.807, 2.05) is 41.5 Å². The summed E-state index contributed by atoms with van der Waals surface area (Å²) in [5.74, 6) is -7.00. The van der Waals surface area contributed by atoms with Crippen LogP contribution in [0.1, 0.15) is 87.9 Å². The Morgan fingerprint density at radius 3 is 0.690 bits per heavy atom. The molecule has 0 radical (unpaired) electrons. The zero-order valence-corrected chi connectivity index (χ0v) is 41.6. The molecule has 0 aromatic heterocycles. The summed E-state index contributed by atoms with van der Waals surface area (Å²) >= 11 is 0. The largest absolute Gasteiger partial charge is 2.00 e. The van der Waals surface area contributed by atoms with Crippen molar-refractivity contribution in [1.82, 2.24) is 0 Å². The number of carboxylic acids is 6. The molecule has 22 nitrogen and oxygen atoms in total. The molecule has 2 fully saturated rings. The number of phenols is 2. The Labute approximate surface area is 397 Å². The van der Waals surface area contributed by atoms with Crippen LogP contribution < -0.4 is 0 Å². The van der Waals surface area contributed by atoms with Crippen molar-refractivity contribution in [2.45, 2.75) is 67.2 Å². The van der Waals surface area contributed by atoms with Crippen molar-refractivity contribution in [2.24, 2.45) is 22.7 Å². The molecular formula is C32H60N8O14Pt4. The second kappa shape index (κ2) is 47.0. The number of benzene rings is 2. The van der Waals surface area contributed by atoms with Gasteiger partial charge in [-0.15, -0.1) is 0 Å². The molecule has 2 aromatic rings. The Balaban J connectivity index is -0.0000000338. The molecule has 0 heterocycles. The van der Waals surface area contributed by atoms with Crippen molar-refractivity contribution in [1.29, 1.82) is 0 Å². The fourth-order valence-corrected chi connectivity index (χ4v) is 4.45. The maximum absolute atomic E-state index is 10.5. The van der Waals surface area contributed by atoms with Crippen LogP contribution in [0.25, 0.3) is 49.2 Å². The van der Waals surface area contributed by atoms with Crippen LogP contribution in [0.2, 0.25) is 0 Å². The fourth-order valence-electron chi connectivity index (χ4n) is 4.45. The second-order valence-electron chi connectivity index (χ2n) is 10.1. The van der Waals surface area contributed by atoms with Crippen molar-refractivity contribution in [2.75, 3.05) is 0 Å². The SMILES string of the molecule is CC.CC.CC1CC(C(=O)O)(C(=O)O)C1.CC1CC(C(=O)O)(C(=O)O)C1.O=C(O)c1ccccc1O.O=C(O)c1ccccc1O.[NH2-].[NH2-].[NH2-].[NH2-].[NH2-].[NH2-].[NH2-].[NH2-].[Pt+2].[Pt+2].[Pt+2].[Pt+2]. The average Bonchev–Trinajstić information content (AvgIpc) is 2.96. The predicted octanol–water partition coefficient (Wildman–Crippen LogP) is 11.1. The van der Waals surface area contributed by atoms with E-state index < -0.39 is 46.6 Å². The molecule has 2 saturated carbocycles. The smallest absolute Gasteiger partial charge is 0.693 e. The van der Waals surface area contributed by atoms with Crippen LogP contribution in [-0.4, -0.2) is 76.7 Å². The van der Waals surface area contributed by atoms with Crippen LogP contribution in [0.15, 0.2) is 48.5 Å². The summed E-state index contributed by atoms with van der Waals surface area (Å²) in [5.41, 5.74) is -3.08. The molecule has 58 heavy (non-hydrogen) atoms. The van der Waals surface area contributed by atoms with Crippen molar-refractivity contribution in [3.8, 4) is 11.5 Å². The molecular weight excluding hydrogens is 1500 g/mol. The van der Waals surface area contributed by atoms with Crippen LogP contribution in [0.5, 0.6) is 11.5 Å².